The molecule has 1 aliphatic carbocycles. The summed E-state index contributed by atoms with van der Waals surface area (Å²) in [6.07, 6.45) is 2.94. The summed E-state index contributed by atoms with van der Waals surface area (Å²) in [6, 6.07) is 20.9. The number of rotatable bonds is 11. The molecule has 0 unspecified atom stereocenters. The number of halogens is 1. The van der Waals surface area contributed by atoms with Crippen molar-refractivity contribution in [3.63, 3.8) is 0 Å². The Kier molecular flexibility index (Phi) is 11.3. The van der Waals surface area contributed by atoms with Gasteiger partial charge in [-0.1, -0.05) is 36.4 Å². The number of hydrogen-bond donors (Lipinski definition) is 2. The molecule has 0 aromatic heterocycles. The van der Waals surface area contributed by atoms with Gasteiger partial charge in [-0.05, 0) is 100 Å². The third-order valence-electron chi connectivity index (χ3n) is 8.79. The molecule has 254 valence electrons. The Morgan fingerprint density at radius 3 is 2.31 bits per heavy atom. The van der Waals surface area contributed by atoms with Gasteiger partial charge in [-0.2, -0.15) is 10.4 Å². The van der Waals surface area contributed by atoms with Gasteiger partial charge in [0.05, 0.1) is 5.56 Å². The molecule has 0 saturated heterocycles. The highest BCUT2D eigenvalue weighted by Gasteiger charge is 2.31. The van der Waals surface area contributed by atoms with Crippen LogP contribution in [0.15, 0.2) is 82.0 Å². The second-order valence-electron chi connectivity index (χ2n) is 13.6. The summed E-state index contributed by atoms with van der Waals surface area (Å²) in [6.45, 7) is 6.26. The zero-order chi connectivity index (χ0) is 35.0. The number of ketones is 1. The molecule has 0 spiro atoms. The molecule has 11 heteroatoms. The van der Waals surface area contributed by atoms with Gasteiger partial charge >= 0.3 is 6.09 Å². The number of hydrogen-bond acceptors (Lipinski definition) is 8. The van der Waals surface area contributed by atoms with Crippen molar-refractivity contribution in [2.24, 2.45) is 33.0 Å². The fraction of sp³-hybridized carbons (Fsp3) is 0.395. The van der Waals surface area contributed by atoms with Crippen LogP contribution in [0.4, 0.5) is 14.9 Å². The van der Waals surface area contributed by atoms with Crippen LogP contribution in [0.2, 0.25) is 0 Å². The largest absolute Gasteiger partial charge is 0.444 e. The Labute approximate surface area is 285 Å². The fourth-order valence-corrected chi connectivity index (χ4v) is 6.21. The number of Topliss-reactive ketones (excluding diaryl/α,β-unsaturated/α-hetero) is 1. The van der Waals surface area contributed by atoms with E-state index >= 15 is 0 Å². The first-order valence-corrected chi connectivity index (χ1v) is 16.6. The quantitative estimate of drug-likeness (QED) is 0.217. The fourth-order valence-electron chi connectivity index (χ4n) is 6.21. The van der Waals surface area contributed by atoms with Crippen molar-refractivity contribution in [2.45, 2.75) is 64.9 Å². The van der Waals surface area contributed by atoms with Gasteiger partial charge in [-0.25, -0.2) is 14.2 Å². The van der Waals surface area contributed by atoms with E-state index in [0.717, 1.165) is 24.0 Å². The molecule has 1 heterocycles. The second kappa shape index (κ2) is 15.8. The maximum atomic E-state index is 14.2. The lowest BCUT2D eigenvalue weighted by Gasteiger charge is -2.29. The van der Waals surface area contributed by atoms with E-state index in [9.17, 15) is 24.0 Å². The van der Waals surface area contributed by atoms with Crippen molar-refractivity contribution in [1.29, 1.82) is 5.26 Å². The van der Waals surface area contributed by atoms with E-state index in [-0.39, 0.29) is 35.5 Å². The molecule has 2 N–H and O–H groups in total. The van der Waals surface area contributed by atoms with Crippen LogP contribution in [0.25, 0.3) is 11.1 Å². The molecule has 3 aromatic carbocycles. The predicted octanol–water partition coefficient (Wildman–Crippen LogP) is 7.62. The van der Waals surface area contributed by atoms with E-state index < -0.39 is 23.4 Å². The number of nitrogens with zero attached hydrogens (tertiary/aromatic N) is 4. The predicted molar refractivity (Wildman–Crippen MR) is 184 cm³/mol. The van der Waals surface area contributed by atoms with E-state index in [2.05, 4.69) is 25.9 Å². The smallest absolute Gasteiger partial charge is 0.407 e. The van der Waals surface area contributed by atoms with Gasteiger partial charge in [-0.15, -0.1) is 5.11 Å². The molecular weight excluding hydrogens is 623 g/mol. The SMILES string of the molecule is CC(C)(C)OC(=O)NCC1CCC(C(=O)C[C@@H](Cc2ccc(-c3cccc(F)c3C#N)cc2)C(=O)Nc2ccc(C3=NCN=N3)cc2)CC1. The van der Waals surface area contributed by atoms with Gasteiger partial charge < -0.3 is 15.4 Å². The van der Waals surface area contributed by atoms with Gasteiger partial charge in [0, 0.05) is 41.6 Å². The average Bonchev–Trinajstić information content (AvgIpc) is 3.62. The Balaban J connectivity index is 1.25. The first kappa shape index (κ1) is 35.1. The molecule has 1 saturated carbocycles. The first-order chi connectivity index (χ1) is 23.5. The number of azo groups is 1. The standard InChI is InChI=1S/C38H41FN6O4/c1-38(2,3)49-37(48)41-22-25-9-13-27(14-10-25)34(46)20-29(36(47)44-30-17-15-28(16-18-30)35-42-23-43-45-35)19-24-7-11-26(12-8-24)31-5-4-6-33(39)32(31)21-40/h4-8,11-12,15-18,25,27,29H,9-10,13-14,19-20,22-23H2,1-3H3,(H,41,48)(H,44,47)/t25?,27?,29-/m1/s1. The van der Waals surface area contributed by atoms with E-state index in [0.29, 0.717) is 55.1 Å². The lowest BCUT2D eigenvalue weighted by atomic mass is 9.77. The number of amides is 2. The number of aliphatic imine (C=N–C) groups is 1. The van der Waals surface area contributed by atoms with Crippen LogP contribution < -0.4 is 10.6 Å². The summed E-state index contributed by atoms with van der Waals surface area (Å²) in [4.78, 5) is 43.7. The van der Waals surface area contributed by atoms with Crippen LogP contribution in [0.1, 0.15) is 69.6 Å². The monoisotopic (exact) mass is 664 g/mol. The maximum absolute atomic E-state index is 14.2. The van der Waals surface area contributed by atoms with Crippen LogP contribution in [0, 0.1) is 34.9 Å². The number of amidine groups is 1. The number of alkyl carbamates (subject to hydrolysis) is 1. The summed E-state index contributed by atoms with van der Waals surface area (Å²) in [5, 5.41) is 23.2. The van der Waals surface area contributed by atoms with Gasteiger partial charge in [0.25, 0.3) is 0 Å². The second-order valence-corrected chi connectivity index (χ2v) is 13.6. The number of anilines is 1. The number of carbonyl (C=O) groups excluding carboxylic acids is 3. The minimum atomic E-state index is -0.638. The summed E-state index contributed by atoms with van der Waals surface area (Å²) in [5.41, 5.74) is 2.80. The summed E-state index contributed by atoms with van der Waals surface area (Å²) >= 11 is 0. The zero-order valence-electron chi connectivity index (χ0n) is 28.0. The Morgan fingerprint density at radius 1 is 0.980 bits per heavy atom. The molecule has 0 bridgehead atoms. The highest BCUT2D eigenvalue weighted by molar-refractivity contribution is 6.01. The van der Waals surface area contributed by atoms with Gasteiger partial charge in [-0.3, -0.25) is 9.59 Å². The molecule has 5 rings (SSSR count). The normalized spacial score (nSPS) is 17.8. The highest BCUT2D eigenvalue weighted by atomic mass is 19.1. The molecule has 2 aliphatic rings. The van der Waals surface area contributed by atoms with E-state index in [4.69, 9.17) is 4.74 Å². The molecule has 0 radical (unpaired) electrons. The van der Waals surface area contributed by atoms with Crippen molar-refractivity contribution in [1.82, 2.24) is 5.32 Å². The number of carbonyl (C=O) groups is 3. The molecule has 1 aliphatic heterocycles. The number of nitrogens with one attached hydrogen (secondary N) is 2. The lowest BCUT2D eigenvalue weighted by Crippen LogP contribution is -2.37. The van der Waals surface area contributed by atoms with E-state index in [1.807, 2.05) is 51.1 Å². The number of ether oxygens (including phenoxy) is 1. The van der Waals surface area contributed by atoms with E-state index in [1.165, 1.54) is 6.07 Å². The minimum absolute atomic E-state index is 0.0254. The Bertz CT molecular complexity index is 1770. The molecule has 3 aromatic rings. The molecule has 1 fully saturated rings. The molecule has 1 atom stereocenters. The van der Waals surface area contributed by atoms with Gasteiger partial charge in [0.2, 0.25) is 5.91 Å². The van der Waals surface area contributed by atoms with Crippen molar-refractivity contribution < 1.29 is 23.5 Å². The van der Waals surface area contributed by atoms with Crippen LogP contribution in [0.3, 0.4) is 0 Å². The molecule has 49 heavy (non-hydrogen) atoms. The van der Waals surface area contributed by atoms with Crippen LogP contribution in [0.5, 0.6) is 0 Å². The number of nitriles is 1. The van der Waals surface area contributed by atoms with Crippen molar-refractivity contribution in [2.75, 3.05) is 18.5 Å². The van der Waals surface area contributed by atoms with Gasteiger partial charge in [0.15, 0.2) is 12.5 Å². The minimum Gasteiger partial charge on any atom is -0.444 e. The molecule has 2 amide bonds. The van der Waals surface area contributed by atoms with Crippen molar-refractivity contribution in [3.8, 4) is 17.2 Å². The van der Waals surface area contributed by atoms with E-state index in [1.54, 1.807) is 36.4 Å². The van der Waals surface area contributed by atoms with Crippen LogP contribution >= 0.6 is 0 Å². The van der Waals surface area contributed by atoms with Crippen LogP contribution in [-0.4, -0.2) is 42.4 Å². The third-order valence-corrected chi connectivity index (χ3v) is 8.79. The average molecular weight is 665 g/mol. The highest BCUT2D eigenvalue weighted by Crippen LogP contribution is 2.32. The topological polar surface area (TPSA) is 145 Å². The summed E-state index contributed by atoms with van der Waals surface area (Å²) in [7, 11) is 0. The zero-order valence-corrected chi connectivity index (χ0v) is 28.0. The van der Waals surface area contributed by atoms with Crippen molar-refractivity contribution in [3.05, 3.63) is 89.2 Å². The first-order valence-electron chi connectivity index (χ1n) is 16.6. The van der Waals surface area contributed by atoms with Gasteiger partial charge in [0.1, 0.15) is 23.3 Å². The third kappa shape index (κ3) is 9.66. The molecule has 10 nitrogen and oxygen atoms in total. The summed E-state index contributed by atoms with van der Waals surface area (Å²) in [5.74, 6) is -0.797. The Hall–Kier alpha value is -5.24. The molecular formula is C38H41FN6O4. The van der Waals surface area contributed by atoms with Crippen molar-refractivity contribution >= 4 is 29.3 Å². The number of benzene rings is 3. The lowest BCUT2D eigenvalue weighted by molar-refractivity contribution is -0.129. The Morgan fingerprint density at radius 2 is 1.67 bits per heavy atom. The summed E-state index contributed by atoms with van der Waals surface area (Å²) < 4.78 is 19.6. The van der Waals surface area contributed by atoms with Crippen LogP contribution in [-0.2, 0) is 20.7 Å². The maximum Gasteiger partial charge on any atom is 0.407 e.